The zero-order valence-corrected chi connectivity index (χ0v) is 6.75. The van der Waals surface area contributed by atoms with Crippen LogP contribution in [0.1, 0.15) is 19.8 Å². The summed E-state index contributed by atoms with van der Waals surface area (Å²) in [6.07, 6.45) is 2.22. The minimum atomic E-state index is 0.0916. The maximum absolute atomic E-state index is 11.1. The molecule has 0 saturated carbocycles. The van der Waals surface area contributed by atoms with Gasteiger partial charge in [0, 0.05) is 25.4 Å². The fourth-order valence-corrected chi connectivity index (χ4v) is 1.39. The monoisotopic (exact) mass is 155 g/mol. The van der Waals surface area contributed by atoms with E-state index in [0.29, 0.717) is 25.3 Å². The van der Waals surface area contributed by atoms with E-state index in [1.54, 1.807) is 4.90 Å². The molecular formula is C8H13NO2. The number of carbonyl (C=O) groups is 2. The van der Waals surface area contributed by atoms with Crippen LogP contribution in [-0.4, -0.2) is 30.2 Å². The van der Waals surface area contributed by atoms with Gasteiger partial charge in [-0.1, -0.05) is 6.92 Å². The van der Waals surface area contributed by atoms with E-state index < -0.39 is 0 Å². The van der Waals surface area contributed by atoms with E-state index >= 15 is 0 Å². The second-order valence-corrected chi connectivity index (χ2v) is 2.92. The number of carbonyl (C=O) groups excluding carboxylic acids is 2. The summed E-state index contributed by atoms with van der Waals surface area (Å²) < 4.78 is 0. The Morgan fingerprint density at radius 1 is 1.73 bits per heavy atom. The molecule has 0 aliphatic carbocycles. The maximum atomic E-state index is 11.1. The van der Waals surface area contributed by atoms with Gasteiger partial charge in [-0.3, -0.25) is 9.59 Å². The molecule has 3 heteroatoms. The van der Waals surface area contributed by atoms with Gasteiger partial charge in [-0.15, -0.1) is 0 Å². The number of hydrogen-bond acceptors (Lipinski definition) is 2. The van der Waals surface area contributed by atoms with Crippen molar-refractivity contribution in [3.63, 3.8) is 0 Å². The third kappa shape index (κ3) is 1.79. The summed E-state index contributed by atoms with van der Waals surface area (Å²) in [6.45, 7) is 3.22. The topological polar surface area (TPSA) is 37.4 Å². The summed E-state index contributed by atoms with van der Waals surface area (Å²) in [7, 11) is 0. The van der Waals surface area contributed by atoms with Gasteiger partial charge in [0.2, 0.25) is 6.41 Å². The number of rotatable bonds is 2. The first-order valence-electron chi connectivity index (χ1n) is 4.00. The lowest BCUT2D eigenvalue weighted by atomic mass is 9.95. The molecule has 1 heterocycles. The molecule has 1 fully saturated rings. The van der Waals surface area contributed by atoms with Gasteiger partial charge in [-0.25, -0.2) is 0 Å². The first-order chi connectivity index (χ1) is 5.27. The molecule has 0 aromatic heterocycles. The van der Waals surface area contributed by atoms with E-state index in [2.05, 4.69) is 0 Å². The molecule has 62 valence electrons. The number of hydrogen-bond donors (Lipinski definition) is 0. The molecule has 1 unspecified atom stereocenters. The van der Waals surface area contributed by atoms with Crippen LogP contribution in [0.5, 0.6) is 0 Å². The fraction of sp³-hybridized carbons (Fsp3) is 0.750. The summed E-state index contributed by atoms with van der Waals surface area (Å²) in [5.74, 6) is 0.402. The number of nitrogens with zero attached hydrogens (tertiary/aromatic N) is 1. The zero-order valence-electron chi connectivity index (χ0n) is 6.75. The van der Waals surface area contributed by atoms with E-state index in [1.807, 2.05) is 6.92 Å². The summed E-state index contributed by atoms with van der Waals surface area (Å²) in [5.41, 5.74) is 0. The van der Waals surface area contributed by atoms with Crippen LogP contribution < -0.4 is 0 Å². The quantitative estimate of drug-likeness (QED) is 0.543. The van der Waals surface area contributed by atoms with Crippen LogP contribution in [0.3, 0.4) is 0 Å². The smallest absolute Gasteiger partial charge is 0.209 e. The van der Waals surface area contributed by atoms with Gasteiger partial charge in [0.25, 0.3) is 0 Å². The zero-order chi connectivity index (χ0) is 8.27. The predicted molar refractivity (Wildman–Crippen MR) is 41.0 cm³/mol. The van der Waals surface area contributed by atoms with Crippen molar-refractivity contribution in [3.05, 3.63) is 0 Å². The minimum Gasteiger partial charge on any atom is -0.344 e. The maximum Gasteiger partial charge on any atom is 0.209 e. The van der Waals surface area contributed by atoms with E-state index in [-0.39, 0.29) is 5.92 Å². The molecule has 0 aromatic carbocycles. The van der Waals surface area contributed by atoms with Crippen LogP contribution in [0.4, 0.5) is 0 Å². The predicted octanol–water partition coefficient (Wildman–Crippen LogP) is 0.444. The van der Waals surface area contributed by atoms with Crippen LogP contribution in [-0.2, 0) is 9.59 Å². The van der Waals surface area contributed by atoms with Crippen molar-refractivity contribution in [2.45, 2.75) is 19.8 Å². The first kappa shape index (κ1) is 8.24. The highest BCUT2D eigenvalue weighted by Gasteiger charge is 2.24. The first-order valence-corrected chi connectivity index (χ1v) is 4.00. The van der Waals surface area contributed by atoms with Gasteiger partial charge in [-0.2, -0.15) is 0 Å². The van der Waals surface area contributed by atoms with Gasteiger partial charge in [-0.05, 0) is 6.42 Å². The molecule has 0 N–H and O–H groups in total. The van der Waals surface area contributed by atoms with Crippen LogP contribution >= 0.6 is 0 Å². The van der Waals surface area contributed by atoms with E-state index in [9.17, 15) is 9.59 Å². The number of piperidine rings is 1. The summed E-state index contributed by atoms with van der Waals surface area (Å²) in [5, 5.41) is 0. The number of amides is 1. The standard InChI is InChI=1S/C8H13NO2/c1-2-7-5-9(6-10)4-3-8(7)11/h6-7H,2-5H2,1H3. The largest absolute Gasteiger partial charge is 0.344 e. The Hall–Kier alpha value is -0.860. The van der Waals surface area contributed by atoms with Crippen molar-refractivity contribution in [2.75, 3.05) is 13.1 Å². The third-order valence-electron chi connectivity index (χ3n) is 2.20. The second-order valence-electron chi connectivity index (χ2n) is 2.92. The van der Waals surface area contributed by atoms with Gasteiger partial charge < -0.3 is 4.90 Å². The Kier molecular flexibility index (Phi) is 2.63. The van der Waals surface area contributed by atoms with Crippen molar-refractivity contribution in [3.8, 4) is 0 Å². The van der Waals surface area contributed by atoms with Crippen LogP contribution in [0.2, 0.25) is 0 Å². The fourth-order valence-electron chi connectivity index (χ4n) is 1.39. The van der Waals surface area contributed by atoms with Gasteiger partial charge in [0.1, 0.15) is 5.78 Å². The molecule has 1 aliphatic rings. The average molecular weight is 155 g/mol. The SMILES string of the molecule is CCC1CN(C=O)CCC1=O. The molecule has 11 heavy (non-hydrogen) atoms. The van der Waals surface area contributed by atoms with Crippen molar-refractivity contribution in [1.82, 2.24) is 4.90 Å². The van der Waals surface area contributed by atoms with Gasteiger partial charge in [0.05, 0.1) is 0 Å². The minimum absolute atomic E-state index is 0.0916. The molecule has 1 atom stereocenters. The van der Waals surface area contributed by atoms with E-state index in [4.69, 9.17) is 0 Å². The molecule has 0 aromatic rings. The number of likely N-dealkylation sites (tertiary alicyclic amines) is 1. The molecule has 1 amide bonds. The number of Topliss-reactive ketones (excluding diaryl/α,β-unsaturated/α-hetero) is 1. The Morgan fingerprint density at radius 3 is 3.00 bits per heavy atom. The summed E-state index contributed by atoms with van der Waals surface area (Å²) >= 11 is 0. The molecule has 0 spiro atoms. The van der Waals surface area contributed by atoms with Gasteiger partial charge in [0.15, 0.2) is 0 Å². The van der Waals surface area contributed by atoms with Crippen LogP contribution in [0.15, 0.2) is 0 Å². The Morgan fingerprint density at radius 2 is 2.45 bits per heavy atom. The lowest BCUT2D eigenvalue weighted by Gasteiger charge is -2.27. The summed E-state index contributed by atoms with van der Waals surface area (Å²) in [6, 6.07) is 0. The van der Waals surface area contributed by atoms with Crippen LogP contribution in [0, 0.1) is 5.92 Å². The van der Waals surface area contributed by atoms with E-state index in [1.165, 1.54) is 0 Å². The second kappa shape index (κ2) is 3.51. The van der Waals surface area contributed by atoms with E-state index in [0.717, 1.165) is 12.8 Å². The molecule has 1 aliphatic heterocycles. The van der Waals surface area contributed by atoms with Gasteiger partial charge >= 0.3 is 0 Å². The Labute approximate surface area is 66.4 Å². The molecule has 0 bridgehead atoms. The molecule has 1 rings (SSSR count). The molecule has 0 radical (unpaired) electrons. The highest BCUT2D eigenvalue weighted by atomic mass is 16.1. The van der Waals surface area contributed by atoms with Crippen molar-refractivity contribution in [1.29, 1.82) is 0 Å². The normalized spacial score (nSPS) is 25.4. The highest BCUT2D eigenvalue weighted by molar-refractivity contribution is 5.82. The Bertz CT molecular complexity index is 167. The number of ketones is 1. The highest BCUT2D eigenvalue weighted by Crippen LogP contribution is 2.14. The molecular weight excluding hydrogens is 142 g/mol. The molecule has 1 saturated heterocycles. The van der Waals surface area contributed by atoms with Crippen LogP contribution in [0.25, 0.3) is 0 Å². The van der Waals surface area contributed by atoms with Crippen molar-refractivity contribution < 1.29 is 9.59 Å². The average Bonchev–Trinajstić information content (AvgIpc) is 2.05. The summed E-state index contributed by atoms with van der Waals surface area (Å²) in [4.78, 5) is 23.2. The molecule has 3 nitrogen and oxygen atoms in total. The third-order valence-corrected chi connectivity index (χ3v) is 2.20. The van der Waals surface area contributed by atoms with Crippen molar-refractivity contribution >= 4 is 12.2 Å². The lowest BCUT2D eigenvalue weighted by Crippen LogP contribution is -2.39. The Balaban J connectivity index is 2.50. The lowest BCUT2D eigenvalue weighted by molar-refractivity contribution is -0.130. The van der Waals surface area contributed by atoms with Crippen molar-refractivity contribution in [2.24, 2.45) is 5.92 Å².